The Morgan fingerprint density at radius 1 is 1.32 bits per heavy atom. The minimum absolute atomic E-state index is 0.107. The third-order valence-electron chi connectivity index (χ3n) is 2.98. The van der Waals surface area contributed by atoms with Gasteiger partial charge in [-0.1, -0.05) is 6.07 Å². The van der Waals surface area contributed by atoms with Crippen molar-refractivity contribution >= 4 is 17.5 Å². The van der Waals surface area contributed by atoms with E-state index in [1.807, 2.05) is 18.2 Å². The molecule has 1 aromatic rings. The Morgan fingerprint density at radius 3 is 2.79 bits per heavy atom. The largest absolute Gasteiger partial charge is 0.486 e. The van der Waals surface area contributed by atoms with Gasteiger partial charge in [-0.25, -0.2) is 0 Å². The first-order valence-electron chi connectivity index (χ1n) is 6.39. The summed E-state index contributed by atoms with van der Waals surface area (Å²) in [6.07, 6.45) is 1.20. The van der Waals surface area contributed by atoms with Crippen LogP contribution in [0.1, 0.15) is 18.4 Å². The number of hydrogen-bond donors (Lipinski definition) is 0. The molecule has 0 saturated carbocycles. The maximum absolute atomic E-state index is 11.8. The molecule has 0 saturated heterocycles. The minimum Gasteiger partial charge on any atom is -0.486 e. The second-order valence-corrected chi connectivity index (χ2v) is 4.90. The molecule has 1 aromatic carbocycles. The van der Waals surface area contributed by atoms with E-state index < -0.39 is 0 Å². The molecular weight excluding hydrogens is 266 g/mol. The molecule has 1 heterocycles. The van der Waals surface area contributed by atoms with Crippen LogP contribution in [0.5, 0.6) is 11.5 Å². The van der Waals surface area contributed by atoms with E-state index in [9.17, 15) is 4.79 Å². The maximum Gasteiger partial charge on any atom is 0.222 e. The lowest BCUT2D eigenvalue weighted by molar-refractivity contribution is -0.130. The lowest BCUT2D eigenvalue weighted by Gasteiger charge is -2.21. The second kappa shape index (κ2) is 6.66. The molecule has 0 N–H and O–H groups in total. The summed E-state index contributed by atoms with van der Waals surface area (Å²) in [7, 11) is 1.80. The molecule has 0 spiro atoms. The van der Waals surface area contributed by atoms with Crippen LogP contribution < -0.4 is 9.47 Å². The van der Waals surface area contributed by atoms with Gasteiger partial charge in [0.2, 0.25) is 5.91 Å². The summed E-state index contributed by atoms with van der Waals surface area (Å²) in [4.78, 5) is 13.5. The zero-order valence-electron chi connectivity index (χ0n) is 11.0. The van der Waals surface area contributed by atoms with Gasteiger partial charge in [-0.05, 0) is 24.1 Å². The molecule has 0 atom stereocenters. The number of alkyl halides is 1. The van der Waals surface area contributed by atoms with Crippen molar-refractivity contribution in [1.29, 1.82) is 0 Å². The van der Waals surface area contributed by atoms with E-state index in [0.29, 0.717) is 38.5 Å². The van der Waals surface area contributed by atoms with Crippen molar-refractivity contribution in [2.75, 3.05) is 26.1 Å². The number of hydrogen-bond acceptors (Lipinski definition) is 3. The molecular formula is C14H18ClNO3. The van der Waals surface area contributed by atoms with Gasteiger partial charge in [0.25, 0.3) is 0 Å². The van der Waals surface area contributed by atoms with Crippen molar-refractivity contribution in [2.45, 2.75) is 19.4 Å². The molecule has 0 radical (unpaired) electrons. The summed E-state index contributed by atoms with van der Waals surface area (Å²) < 4.78 is 11.0. The summed E-state index contributed by atoms with van der Waals surface area (Å²) in [6, 6.07) is 5.78. The summed E-state index contributed by atoms with van der Waals surface area (Å²) in [5, 5.41) is 0. The molecule has 0 aromatic heterocycles. The average Bonchev–Trinajstić information content (AvgIpc) is 2.44. The summed E-state index contributed by atoms with van der Waals surface area (Å²) in [5.74, 6) is 2.15. The molecule has 1 aliphatic rings. The molecule has 1 amide bonds. The first kappa shape index (κ1) is 14.0. The number of benzene rings is 1. The van der Waals surface area contributed by atoms with Gasteiger partial charge < -0.3 is 14.4 Å². The lowest BCUT2D eigenvalue weighted by atomic mass is 10.1. The van der Waals surface area contributed by atoms with Gasteiger partial charge in [0.05, 0.1) is 0 Å². The number of amides is 1. The fourth-order valence-electron chi connectivity index (χ4n) is 1.96. The Morgan fingerprint density at radius 2 is 2.05 bits per heavy atom. The Balaban J connectivity index is 1.97. The molecule has 104 valence electrons. The van der Waals surface area contributed by atoms with Crippen LogP contribution in [0.2, 0.25) is 0 Å². The van der Waals surface area contributed by atoms with E-state index in [4.69, 9.17) is 21.1 Å². The van der Waals surface area contributed by atoms with E-state index in [0.717, 1.165) is 17.1 Å². The van der Waals surface area contributed by atoms with Crippen LogP contribution in [0, 0.1) is 0 Å². The van der Waals surface area contributed by atoms with Crippen molar-refractivity contribution in [3.05, 3.63) is 23.8 Å². The van der Waals surface area contributed by atoms with Crippen molar-refractivity contribution in [3.8, 4) is 11.5 Å². The van der Waals surface area contributed by atoms with Crippen LogP contribution in [-0.4, -0.2) is 36.9 Å². The lowest BCUT2D eigenvalue weighted by Crippen LogP contribution is -2.26. The standard InChI is InChI=1S/C14H18ClNO3/c1-16(14(17)3-2-6-15)10-11-4-5-12-13(9-11)19-8-7-18-12/h4-5,9H,2-3,6-8,10H2,1H3. The van der Waals surface area contributed by atoms with Gasteiger partial charge in [-0.2, -0.15) is 0 Å². The highest BCUT2D eigenvalue weighted by Crippen LogP contribution is 2.31. The van der Waals surface area contributed by atoms with Crippen molar-refractivity contribution in [2.24, 2.45) is 0 Å². The molecule has 0 aliphatic carbocycles. The normalized spacial score (nSPS) is 13.2. The van der Waals surface area contributed by atoms with Crippen LogP contribution in [0.4, 0.5) is 0 Å². The third kappa shape index (κ3) is 3.77. The van der Waals surface area contributed by atoms with Gasteiger partial charge in [0.15, 0.2) is 11.5 Å². The number of carbonyl (C=O) groups excluding carboxylic acids is 1. The van der Waals surface area contributed by atoms with E-state index in [2.05, 4.69) is 0 Å². The summed E-state index contributed by atoms with van der Waals surface area (Å²) in [5.41, 5.74) is 1.03. The molecule has 0 bridgehead atoms. The molecule has 19 heavy (non-hydrogen) atoms. The van der Waals surface area contributed by atoms with E-state index >= 15 is 0 Å². The van der Waals surface area contributed by atoms with E-state index in [1.54, 1.807) is 11.9 Å². The number of carbonyl (C=O) groups is 1. The first-order valence-corrected chi connectivity index (χ1v) is 6.92. The molecule has 4 nitrogen and oxygen atoms in total. The molecule has 5 heteroatoms. The maximum atomic E-state index is 11.8. The summed E-state index contributed by atoms with van der Waals surface area (Å²) in [6.45, 7) is 1.72. The summed E-state index contributed by atoms with van der Waals surface area (Å²) >= 11 is 5.59. The fraction of sp³-hybridized carbons (Fsp3) is 0.500. The van der Waals surface area contributed by atoms with E-state index in [1.165, 1.54) is 0 Å². The Labute approximate surface area is 118 Å². The average molecular weight is 284 g/mol. The number of rotatable bonds is 5. The Kier molecular flexibility index (Phi) is 4.91. The molecule has 2 rings (SSSR count). The van der Waals surface area contributed by atoms with Crippen molar-refractivity contribution < 1.29 is 14.3 Å². The van der Waals surface area contributed by atoms with Gasteiger partial charge >= 0.3 is 0 Å². The number of ether oxygens (including phenoxy) is 2. The van der Waals surface area contributed by atoms with Crippen LogP contribution in [0.15, 0.2) is 18.2 Å². The SMILES string of the molecule is CN(Cc1ccc2c(c1)OCCO2)C(=O)CCCCl. The zero-order valence-corrected chi connectivity index (χ0v) is 11.8. The monoisotopic (exact) mass is 283 g/mol. The predicted molar refractivity (Wildman–Crippen MR) is 73.9 cm³/mol. The second-order valence-electron chi connectivity index (χ2n) is 4.52. The minimum atomic E-state index is 0.107. The smallest absolute Gasteiger partial charge is 0.222 e. The molecule has 1 aliphatic heterocycles. The van der Waals surface area contributed by atoms with Gasteiger partial charge in [0.1, 0.15) is 13.2 Å². The van der Waals surface area contributed by atoms with Crippen LogP contribution in [0.3, 0.4) is 0 Å². The highest BCUT2D eigenvalue weighted by molar-refractivity contribution is 6.17. The van der Waals surface area contributed by atoms with Crippen LogP contribution in [-0.2, 0) is 11.3 Å². The third-order valence-corrected chi connectivity index (χ3v) is 3.24. The number of nitrogens with zero attached hydrogens (tertiary/aromatic N) is 1. The van der Waals surface area contributed by atoms with Crippen LogP contribution >= 0.6 is 11.6 Å². The van der Waals surface area contributed by atoms with E-state index in [-0.39, 0.29) is 5.91 Å². The zero-order chi connectivity index (χ0) is 13.7. The Hall–Kier alpha value is -1.42. The fourth-order valence-corrected chi connectivity index (χ4v) is 2.09. The first-order chi connectivity index (χ1) is 9.20. The van der Waals surface area contributed by atoms with Gasteiger partial charge in [-0.3, -0.25) is 4.79 Å². The predicted octanol–water partition coefficient (Wildman–Crippen LogP) is 2.44. The highest BCUT2D eigenvalue weighted by atomic mass is 35.5. The van der Waals surface area contributed by atoms with Gasteiger partial charge in [0, 0.05) is 25.9 Å². The van der Waals surface area contributed by atoms with Crippen molar-refractivity contribution in [3.63, 3.8) is 0 Å². The van der Waals surface area contributed by atoms with Crippen LogP contribution in [0.25, 0.3) is 0 Å². The van der Waals surface area contributed by atoms with Gasteiger partial charge in [-0.15, -0.1) is 11.6 Å². The van der Waals surface area contributed by atoms with Crippen molar-refractivity contribution in [1.82, 2.24) is 4.90 Å². The number of halogens is 1. The topological polar surface area (TPSA) is 38.8 Å². The molecule has 0 fully saturated rings. The highest BCUT2D eigenvalue weighted by Gasteiger charge is 2.14. The molecule has 0 unspecified atom stereocenters. The quantitative estimate of drug-likeness (QED) is 0.779. The number of fused-ring (bicyclic) bond motifs is 1. The Bertz CT molecular complexity index is 450.